The lowest BCUT2D eigenvalue weighted by Crippen LogP contribution is -2.15. The first-order valence-electron chi connectivity index (χ1n) is 8.27. The molecule has 0 bridgehead atoms. The molecule has 3 aromatic rings. The molecule has 7 nitrogen and oxygen atoms in total. The van der Waals surface area contributed by atoms with Crippen molar-refractivity contribution >= 4 is 40.7 Å². The molecule has 2 heterocycles. The monoisotopic (exact) mass is 405 g/mol. The molecule has 0 atom stereocenters. The molecule has 0 saturated carbocycles. The summed E-state index contributed by atoms with van der Waals surface area (Å²) in [5.74, 6) is 1.03. The Labute approximate surface area is 166 Å². The van der Waals surface area contributed by atoms with Crippen LogP contribution in [0.5, 0.6) is 5.75 Å². The third-order valence-corrected chi connectivity index (χ3v) is 5.57. The van der Waals surface area contributed by atoms with Crippen molar-refractivity contribution in [2.45, 2.75) is 32.9 Å². The van der Waals surface area contributed by atoms with Crippen LogP contribution in [-0.4, -0.2) is 38.4 Å². The maximum Gasteiger partial charge on any atom is 0.253 e. The highest BCUT2D eigenvalue weighted by Gasteiger charge is 2.14. The fourth-order valence-electron chi connectivity index (χ4n) is 2.54. The van der Waals surface area contributed by atoms with Gasteiger partial charge in [-0.15, -0.1) is 5.10 Å². The highest BCUT2D eigenvalue weighted by atomic mass is 35.5. The van der Waals surface area contributed by atoms with Crippen LogP contribution in [-0.2, 0) is 4.79 Å². The number of hydrogen-bond donors (Lipinski definition) is 1. The average Bonchev–Trinajstić information content (AvgIpc) is 3.04. The van der Waals surface area contributed by atoms with Gasteiger partial charge < -0.3 is 10.1 Å². The first kappa shape index (κ1) is 19.4. The zero-order valence-electron chi connectivity index (χ0n) is 15.8. The number of rotatable bonds is 5. The number of hydrogen-bond acceptors (Lipinski definition) is 6. The maximum atomic E-state index is 12.3. The van der Waals surface area contributed by atoms with Crippen molar-refractivity contribution in [3.63, 3.8) is 0 Å². The molecule has 3 rings (SSSR count). The lowest BCUT2D eigenvalue weighted by Gasteiger charge is -2.11. The van der Waals surface area contributed by atoms with E-state index in [-0.39, 0.29) is 11.7 Å². The van der Waals surface area contributed by atoms with E-state index in [2.05, 4.69) is 20.4 Å². The Kier molecular flexibility index (Phi) is 5.57. The normalized spacial score (nSPS) is 11.0. The van der Waals surface area contributed by atoms with Gasteiger partial charge in [0.2, 0.25) is 11.1 Å². The smallest absolute Gasteiger partial charge is 0.253 e. The summed E-state index contributed by atoms with van der Waals surface area (Å²) in [5, 5.41) is 8.37. The van der Waals surface area contributed by atoms with E-state index in [0.29, 0.717) is 27.4 Å². The molecule has 142 valence electrons. The number of carbonyl (C=O) groups excluding carboxylic acids is 1. The van der Waals surface area contributed by atoms with E-state index in [1.807, 2.05) is 27.7 Å². The van der Waals surface area contributed by atoms with Gasteiger partial charge in [0.15, 0.2) is 0 Å². The number of ether oxygens (including phenoxy) is 1. The molecule has 0 unspecified atom stereocenters. The highest BCUT2D eigenvalue weighted by Crippen LogP contribution is 2.31. The molecule has 1 N–H and O–H groups in total. The van der Waals surface area contributed by atoms with Crippen LogP contribution in [0, 0.1) is 27.7 Å². The maximum absolute atomic E-state index is 12.3. The molecule has 1 amide bonds. The number of thioether (sulfide) groups is 1. The number of nitrogens with zero attached hydrogens (tertiary/aromatic N) is 4. The summed E-state index contributed by atoms with van der Waals surface area (Å²) in [7, 11) is 1.53. The number of carbonyl (C=O) groups is 1. The third-order valence-electron chi connectivity index (χ3n) is 4.33. The average molecular weight is 406 g/mol. The molecular formula is C18H20ClN5O2S. The van der Waals surface area contributed by atoms with Crippen LogP contribution in [0.3, 0.4) is 0 Å². The second-order valence-electron chi connectivity index (χ2n) is 6.15. The van der Waals surface area contributed by atoms with E-state index in [1.54, 1.807) is 16.6 Å². The van der Waals surface area contributed by atoms with Crippen LogP contribution < -0.4 is 10.1 Å². The van der Waals surface area contributed by atoms with Gasteiger partial charge in [-0.25, -0.2) is 9.50 Å². The van der Waals surface area contributed by atoms with Crippen molar-refractivity contribution in [1.82, 2.24) is 19.6 Å². The van der Waals surface area contributed by atoms with Crippen molar-refractivity contribution in [3.8, 4) is 5.75 Å². The number of aryl methyl sites for hydroxylation is 3. The number of anilines is 1. The van der Waals surface area contributed by atoms with Crippen LogP contribution in [0.2, 0.25) is 5.02 Å². The Balaban J connectivity index is 1.72. The van der Waals surface area contributed by atoms with E-state index in [1.165, 1.54) is 18.9 Å². The molecule has 0 aliphatic heterocycles. The summed E-state index contributed by atoms with van der Waals surface area (Å²) in [4.78, 5) is 21.2. The zero-order chi connectivity index (χ0) is 19.7. The molecule has 2 aromatic heterocycles. The summed E-state index contributed by atoms with van der Waals surface area (Å²) < 4.78 is 6.98. The van der Waals surface area contributed by atoms with E-state index < -0.39 is 0 Å². The standard InChI is InChI=1S/C18H20ClN5O2S/c1-9-6-14(15(26-5)7-13(9)19)21-16(25)8-27-18-22-17-20-11(3)10(2)12(4)24(17)23-18/h6-7H,8H2,1-5H3,(H,21,25). The first-order valence-corrected chi connectivity index (χ1v) is 9.64. The minimum Gasteiger partial charge on any atom is -0.495 e. The molecule has 0 saturated heterocycles. The zero-order valence-corrected chi connectivity index (χ0v) is 17.3. The Morgan fingerprint density at radius 2 is 2.00 bits per heavy atom. The van der Waals surface area contributed by atoms with Crippen molar-refractivity contribution in [2.24, 2.45) is 0 Å². The van der Waals surface area contributed by atoms with Crippen LogP contribution >= 0.6 is 23.4 Å². The lowest BCUT2D eigenvalue weighted by atomic mass is 10.2. The van der Waals surface area contributed by atoms with Crippen molar-refractivity contribution < 1.29 is 9.53 Å². The van der Waals surface area contributed by atoms with Crippen LogP contribution in [0.25, 0.3) is 5.78 Å². The van der Waals surface area contributed by atoms with Gasteiger partial charge in [-0.3, -0.25) is 4.79 Å². The molecule has 0 radical (unpaired) electrons. The lowest BCUT2D eigenvalue weighted by molar-refractivity contribution is -0.113. The fraction of sp³-hybridized carbons (Fsp3) is 0.333. The van der Waals surface area contributed by atoms with E-state index >= 15 is 0 Å². The first-order chi connectivity index (χ1) is 12.8. The highest BCUT2D eigenvalue weighted by molar-refractivity contribution is 7.99. The minimum absolute atomic E-state index is 0.165. The Morgan fingerprint density at radius 3 is 2.70 bits per heavy atom. The molecular weight excluding hydrogens is 386 g/mol. The summed E-state index contributed by atoms with van der Waals surface area (Å²) >= 11 is 7.35. The van der Waals surface area contributed by atoms with Gasteiger partial charge in [0, 0.05) is 22.5 Å². The van der Waals surface area contributed by atoms with Gasteiger partial charge in [-0.1, -0.05) is 23.4 Å². The van der Waals surface area contributed by atoms with Gasteiger partial charge in [0.05, 0.1) is 18.6 Å². The van der Waals surface area contributed by atoms with Gasteiger partial charge >= 0.3 is 0 Å². The number of methoxy groups -OCH3 is 1. The summed E-state index contributed by atoms with van der Waals surface area (Å²) in [6.07, 6.45) is 0. The topological polar surface area (TPSA) is 81.4 Å². The molecule has 0 aliphatic rings. The number of nitrogens with one attached hydrogen (secondary N) is 1. The number of amides is 1. The Morgan fingerprint density at radius 1 is 1.26 bits per heavy atom. The van der Waals surface area contributed by atoms with Crippen molar-refractivity contribution in [1.29, 1.82) is 0 Å². The molecule has 0 spiro atoms. The molecule has 9 heteroatoms. The second-order valence-corrected chi connectivity index (χ2v) is 7.50. The van der Waals surface area contributed by atoms with Gasteiger partial charge in [0.1, 0.15) is 5.75 Å². The Hall–Kier alpha value is -2.32. The fourth-order valence-corrected chi connectivity index (χ4v) is 3.32. The van der Waals surface area contributed by atoms with Crippen LogP contribution in [0.4, 0.5) is 5.69 Å². The predicted octanol–water partition coefficient (Wildman–Crippen LogP) is 3.75. The molecule has 27 heavy (non-hydrogen) atoms. The third kappa shape index (κ3) is 4.01. The molecule has 1 aromatic carbocycles. The largest absolute Gasteiger partial charge is 0.495 e. The number of fused-ring (bicyclic) bond motifs is 1. The van der Waals surface area contributed by atoms with E-state index in [4.69, 9.17) is 16.3 Å². The molecule has 0 aliphatic carbocycles. The number of halogens is 1. The number of benzene rings is 1. The van der Waals surface area contributed by atoms with E-state index in [0.717, 1.165) is 22.5 Å². The summed E-state index contributed by atoms with van der Waals surface area (Å²) in [5.41, 5.74) is 4.42. The predicted molar refractivity (Wildman–Crippen MR) is 107 cm³/mol. The quantitative estimate of drug-likeness (QED) is 0.651. The summed E-state index contributed by atoms with van der Waals surface area (Å²) in [6.45, 7) is 7.79. The SMILES string of the molecule is COc1cc(Cl)c(C)cc1NC(=O)CSc1nc2nc(C)c(C)c(C)n2n1. The van der Waals surface area contributed by atoms with Crippen molar-refractivity contribution in [2.75, 3.05) is 18.2 Å². The summed E-state index contributed by atoms with van der Waals surface area (Å²) in [6, 6.07) is 3.47. The van der Waals surface area contributed by atoms with Crippen molar-refractivity contribution in [3.05, 3.63) is 39.7 Å². The van der Waals surface area contributed by atoms with Crippen LogP contribution in [0.15, 0.2) is 17.3 Å². The van der Waals surface area contributed by atoms with Gasteiger partial charge in [0.25, 0.3) is 5.78 Å². The Bertz CT molecular complexity index is 1030. The molecule has 0 fully saturated rings. The van der Waals surface area contributed by atoms with Gasteiger partial charge in [-0.05, 0) is 44.9 Å². The van der Waals surface area contributed by atoms with E-state index in [9.17, 15) is 4.79 Å². The second kappa shape index (κ2) is 7.74. The number of aromatic nitrogens is 4. The minimum atomic E-state index is -0.184. The van der Waals surface area contributed by atoms with Gasteiger partial charge in [-0.2, -0.15) is 4.98 Å². The van der Waals surface area contributed by atoms with Crippen LogP contribution in [0.1, 0.15) is 22.5 Å².